The zero-order valence-corrected chi connectivity index (χ0v) is 15.4. The van der Waals surface area contributed by atoms with Crippen LogP contribution in [0.15, 0.2) is 54.9 Å². The van der Waals surface area contributed by atoms with Crippen molar-refractivity contribution in [2.45, 2.75) is 26.8 Å². The minimum Gasteiger partial charge on any atom is -0.331 e. The van der Waals surface area contributed by atoms with Gasteiger partial charge in [-0.25, -0.2) is 14.5 Å². The lowest BCUT2D eigenvalue weighted by Crippen LogP contribution is -2.31. The van der Waals surface area contributed by atoms with E-state index in [2.05, 4.69) is 20.7 Å². The normalized spacial score (nSPS) is 11.7. The van der Waals surface area contributed by atoms with E-state index in [1.54, 1.807) is 41.3 Å². The fourth-order valence-corrected chi connectivity index (χ4v) is 2.81. The van der Waals surface area contributed by atoms with Gasteiger partial charge < -0.3 is 10.6 Å². The van der Waals surface area contributed by atoms with E-state index in [0.717, 1.165) is 17.1 Å². The van der Waals surface area contributed by atoms with E-state index in [4.69, 9.17) is 0 Å². The summed E-state index contributed by atoms with van der Waals surface area (Å²) in [5, 5.41) is 10.0. The molecule has 2 amide bonds. The fourth-order valence-electron chi connectivity index (χ4n) is 2.81. The number of rotatable bonds is 5. The maximum atomic E-state index is 12.3. The first-order valence-electron chi connectivity index (χ1n) is 8.60. The summed E-state index contributed by atoms with van der Waals surface area (Å²) >= 11 is 0. The minimum absolute atomic E-state index is 0.0509. The third-order valence-electron chi connectivity index (χ3n) is 4.26. The Bertz CT molecular complexity index is 966. The van der Waals surface area contributed by atoms with Crippen molar-refractivity contribution in [2.24, 2.45) is 0 Å². The van der Waals surface area contributed by atoms with E-state index in [0.29, 0.717) is 11.3 Å². The van der Waals surface area contributed by atoms with Crippen LogP contribution in [0.25, 0.3) is 5.82 Å². The van der Waals surface area contributed by atoms with Crippen LogP contribution < -0.4 is 10.6 Å². The van der Waals surface area contributed by atoms with Crippen LogP contribution in [0.5, 0.6) is 0 Å². The van der Waals surface area contributed by atoms with Gasteiger partial charge in [0.1, 0.15) is 0 Å². The second kappa shape index (κ2) is 7.82. The first-order chi connectivity index (χ1) is 13.0. The molecular weight excluding hydrogens is 342 g/mol. The lowest BCUT2D eigenvalue weighted by atomic mass is 10.1. The average molecular weight is 363 g/mol. The number of ketones is 1. The molecule has 3 rings (SSSR count). The fraction of sp³-hybridized carbons (Fsp3) is 0.200. The number of aromatic nitrogens is 3. The topological polar surface area (TPSA) is 88.9 Å². The monoisotopic (exact) mass is 363 g/mol. The molecule has 1 aromatic carbocycles. The summed E-state index contributed by atoms with van der Waals surface area (Å²) in [5.74, 6) is 0.670. The van der Waals surface area contributed by atoms with Crippen LogP contribution in [0.3, 0.4) is 0 Å². The van der Waals surface area contributed by atoms with Crippen molar-refractivity contribution < 1.29 is 9.59 Å². The number of benzene rings is 1. The number of pyridine rings is 1. The van der Waals surface area contributed by atoms with E-state index < -0.39 is 0 Å². The molecule has 138 valence electrons. The zero-order chi connectivity index (χ0) is 19.4. The molecule has 0 fully saturated rings. The summed E-state index contributed by atoms with van der Waals surface area (Å²) in [6.07, 6.45) is 3.44. The molecule has 2 heterocycles. The summed E-state index contributed by atoms with van der Waals surface area (Å²) in [6.45, 7) is 5.31. The quantitative estimate of drug-likeness (QED) is 0.677. The summed E-state index contributed by atoms with van der Waals surface area (Å²) in [5.41, 5.74) is 2.91. The molecule has 27 heavy (non-hydrogen) atoms. The third-order valence-corrected chi connectivity index (χ3v) is 4.26. The molecule has 0 aliphatic carbocycles. The second-order valence-corrected chi connectivity index (χ2v) is 6.24. The number of Topliss-reactive ketones (excluding diaryl/α,β-unsaturated/α-hetero) is 1. The van der Waals surface area contributed by atoms with Gasteiger partial charge in [0.15, 0.2) is 11.6 Å². The zero-order valence-electron chi connectivity index (χ0n) is 15.4. The Hall–Kier alpha value is -3.48. The van der Waals surface area contributed by atoms with Gasteiger partial charge in [0, 0.05) is 28.7 Å². The van der Waals surface area contributed by atoms with Gasteiger partial charge in [0.25, 0.3) is 0 Å². The number of nitrogens with zero attached hydrogens (tertiary/aromatic N) is 3. The molecule has 3 aromatic rings. The third kappa shape index (κ3) is 4.20. The summed E-state index contributed by atoms with van der Waals surface area (Å²) < 4.78 is 1.74. The van der Waals surface area contributed by atoms with Gasteiger partial charge in [0.2, 0.25) is 0 Å². The van der Waals surface area contributed by atoms with Gasteiger partial charge in [-0.15, -0.1) is 0 Å². The summed E-state index contributed by atoms with van der Waals surface area (Å²) in [4.78, 5) is 28.1. The van der Waals surface area contributed by atoms with Gasteiger partial charge in [-0.2, -0.15) is 5.10 Å². The van der Waals surface area contributed by atoms with Crippen molar-refractivity contribution in [1.82, 2.24) is 20.1 Å². The lowest BCUT2D eigenvalue weighted by Gasteiger charge is -2.15. The lowest BCUT2D eigenvalue weighted by molar-refractivity contribution is 0.101. The van der Waals surface area contributed by atoms with E-state index in [9.17, 15) is 9.59 Å². The Balaban J connectivity index is 1.69. The molecule has 0 aliphatic rings. The van der Waals surface area contributed by atoms with Crippen LogP contribution in [-0.2, 0) is 0 Å². The number of hydrogen-bond acceptors (Lipinski definition) is 4. The van der Waals surface area contributed by atoms with E-state index in [-0.39, 0.29) is 17.9 Å². The number of carbonyl (C=O) groups is 2. The van der Waals surface area contributed by atoms with Crippen LogP contribution in [0.2, 0.25) is 0 Å². The van der Waals surface area contributed by atoms with E-state index in [1.807, 2.05) is 32.0 Å². The van der Waals surface area contributed by atoms with Crippen LogP contribution in [-0.4, -0.2) is 26.6 Å². The highest BCUT2D eigenvalue weighted by Crippen LogP contribution is 2.19. The Morgan fingerprint density at radius 2 is 1.96 bits per heavy atom. The minimum atomic E-state index is -0.354. The van der Waals surface area contributed by atoms with E-state index >= 15 is 0 Å². The number of hydrogen-bond donors (Lipinski definition) is 2. The SMILES string of the molecule is CC(=O)c1cccc(NC(=O)N[C@H](C)c2cnn(-c3ccccn3)c2C)c1. The predicted octanol–water partition coefficient (Wildman–Crippen LogP) is 3.66. The molecule has 0 aliphatic heterocycles. The first kappa shape index (κ1) is 18.3. The molecule has 0 saturated carbocycles. The molecule has 0 bridgehead atoms. The molecule has 7 nitrogen and oxygen atoms in total. The molecule has 0 unspecified atom stereocenters. The van der Waals surface area contributed by atoms with Crippen molar-refractivity contribution in [2.75, 3.05) is 5.32 Å². The molecule has 0 radical (unpaired) electrons. The maximum Gasteiger partial charge on any atom is 0.319 e. The molecule has 2 aromatic heterocycles. The van der Waals surface area contributed by atoms with Crippen molar-refractivity contribution >= 4 is 17.5 Å². The van der Waals surface area contributed by atoms with Gasteiger partial charge in [-0.1, -0.05) is 18.2 Å². The highest BCUT2D eigenvalue weighted by Gasteiger charge is 2.17. The smallest absolute Gasteiger partial charge is 0.319 e. The Morgan fingerprint density at radius 3 is 2.67 bits per heavy atom. The Kier molecular flexibility index (Phi) is 5.30. The first-order valence-corrected chi connectivity index (χ1v) is 8.60. The van der Waals surface area contributed by atoms with Crippen LogP contribution >= 0.6 is 0 Å². The number of urea groups is 1. The number of anilines is 1. The van der Waals surface area contributed by atoms with Crippen molar-refractivity contribution in [3.8, 4) is 5.82 Å². The molecule has 2 N–H and O–H groups in total. The van der Waals surface area contributed by atoms with Crippen LogP contribution in [0, 0.1) is 6.92 Å². The molecule has 7 heteroatoms. The maximum absolute atomic E-state index is 12.3. The highest BCUT2D eigenvalue weighted by atomic mass is 16.2. The van der Waals surface area contributed by atoms with Crippen molar-refractivity contribution in [3.05, 3.63) is 71.7 Å². The van der Waals surface area contributed by atoms with Crippen molar-refractivity contribution in [1.29, 1.82) is 0 Å². The second-order valence-electron chi connectivity index (χ2n) is 6.24. The highest BCUT2D eigenvalue weighted by molar-refractivity contribution is 5.96. The Morgan fingerprint density at radius 1 is 1.15 bits per heavy atom. The average Bonchev–Trinajstić information content (AvgIpc) is 3.04. The van der Waals surface area contributed by atoms with Crippen LogP contribution in [0.4, 0.5) is 10.5 Å². The van der Waals surface area contributed by atoms with Gasteiger partial charge in [-0.3, -0.25) is 4.79 Å². The largest absolute Gasteiger partial charge is 0.331 e. The summed E-state index contributed by atoms with van der Waals surface area (Å²) in [7, 11) is 0. The number of nitrogens with one attached hydrogen (secondary N) is 2. The molecule has 1 atom stereocenters. The number of amides is 2. The molecular formula is C20H21N5O2. The van der Waals surface area contributed by atoms with Gasteiger partial charge in [0.05, 0.1) is 12.2 Å². The summed E-state index contributed by atoms with van der Waals surface area (Å²) in [6, 6.07) is 11.8. The van der Waals surface area contributed by atoms with Gasteiger partial charge in [-0.05, 0) is 45.0 Å². The van der Waals surface area contributed by atoms with Gasteiger partial charge >= 0.3 is 6.03 Å². The van der Waals surface area contributed by atoms with E-state index in [1.165, 1.54) is 6.92 Å². The standard InChI is InChI=1S/C20H21N5O2/c1-13(18-12-22-25(14(18)2)19-9-4-5-10-21-19)23-20(27)24-17-8-6-7-16(11-17)15(3)26/h4-13H,1-3H3,(H2,23,24,27)/t13-/m1/s1. The Labute approximate surface area is 157 Å². The van der Waals surface area contributed by atoms with Crippen LogP contribution in [0.1, 0.15) is 41.5 Å². The number of carbonyl (C=O) groups excluding carboxylic acids is 2. The molecule has 0 saturated heterocycles. The van der Waals surface area contributed by atoms with Crippen molar-refractivity contribution in [3.63, 3.8) is 0 Å². The predicted molar refractivity (Wildman–Crippen MR) is 103 cm³/mol. The molecule has 0 spiro atoms.